The predicted octanol–water partition coefficient (Wildman–Crippen LogP) is 2.71. The Labute approximate surface area is 102 Å². The van der Waals surface area contributed by atoms with E-state index >= 15 is 0 Å². The predicted molar refractivity (Wildman–Crippen MR) is 71.6 cm³/mol. The molecule has 86 valence electrons. The minimum Gasteiger partial charge on any atom is -0.340 e. The Morgan fingerprint density at radius 3 is 2.47 bits per heavy atom. The molecule has 0 radical (unpaired) electrons. The standard InChI is InChI=1S/C15H16N2/c16-13-10-12-6-4-5-9-15(12)17(11-13)14-7-2-1-3-8-14/h1-9,13H,10-11,16H2. The van der Waals surface area contributed by atoms with E-state index in [1.54, 1.807) is 0 Å². The van der Waals surface area contributed by atoms with Gasteiger partial charge in [-0.15, -0.1) is 0 Å². The Bertz CT molecular complexity index is 507. The normalized spacial score (nSPS) is 18.9. The van der Waals surface area contributed by atoms with Gasteiger partial charge < -0.3 is 10.6 Å². The van der Waals surface area contributed by atoms with Crippen molar-refractivity contribution in [3.8, 4) is 0 Å². The molecule has 0 bridgehead atoms. The van der Waals surface area contributed by atoms with Crippen LogP contribution in [0, 0.1) is 0 Å². The van der Waals surface area contributed by atoms with Crippen molar-refractivity contribution >= 4 is 11.4 Å². The zero-order valence-electron chi connectivity index (χ0n) is 9.71. The van der Waals surface area contributed by atoms with Gasteiger partial charge in [0, 0.05) is 24.0 Å². The largest absolute Gasteiger partial charge is 0.340 e. The monoisotopic (exact) mass is 224 g/mol. The number of para-hydroxylation sites is 2. The number of nitrogens with zero attached hydrogens (tertiary/aromatic N) is 1. The molecule has 0 amide bonds. The van der Waals surface area contributed by atoms with E-state index in [1.165, 1.54) is 16.9 Å². The second-order valence-electron chi connectivity index (χ2n) is 4.54. The van der Waals surface area contributed by atoms with Crippen LogP contribution in [0.1, 0.15) is 5.56 Å². The van der Waals surface area contributed by atoms with Gasteiger partial charge in [-0.1, -0.05) is 36.4 Å². The molecule has 3 rings (SSSR count). The molecular formula is C15H16N2. The number of benzene rings is 2. The van der Waals surface area contributed by atoms with Crippen LogP contribution in [0.15, 0.2) is 54.6 Å². The van der Waals surface area contributed by atoms with Gasteiger partial charge in [0.25, 0.3) is 0 Å². The lowest BCUT2D eigenvalue weighted by atomic mass is 9.98. The molecule has 0 aromatic heterocycles. The SMILES string of the molecule is NC1Cc2ccccc2N(c2ccccc2)C1. The van der Waals surface area contributed by atoms with Crippen molar-refractivity contribution < 1.29 is 0 Å². The highest BCUT2D eigenvalue weighted by Crippen LogP contribution is 2.32. The van der Waals surface area contributed by atoms with Crippen molar-refractivity contribution in [1.29, 1.82) is 0 Å². The third-order valence-corrected chi connectivity index (χ3v) is 3.25. The fourth-order valence-corrected chi connectivity index (χ4v) is 2.48. The van der Waals surface area contributed by atoms with Gasteiger partial charge in [0.05, 0.1) is 0 Å². The van der Waals surface area contributed by atoms with Crippen LogP contribution < -0.4 is 10.6 Å². The van der Waals surface area contributed by atoms with E-state index in [4.69, 9.17) is 5.73 Å². The zero-order chi connectivity index (χ0) is 11.7. The smallest absolute Gasteiger partial charge is 0.0444 e. The zero-order valence-corrected chi connectivity index (χ0v) is 9.71. The molecule has 1 aliphatic rings. The van der Waals surface area contributed by atoms with Gasteiger partial charge in [-0.25, -0.2) is 0 Å². The summed E-state index contributed by atoms with van der Waals surface area (Å²) in [6.07, 6.45) is 0.972. The Morgan fingerprint density at radius 2 is 1.65 bits per heavy atom. The maximum atomic E-state index is 6.14. The Kier molecular flexibility index (Phi) is 2.57. The lowest BCUT2D eigenvalue weighted by molar-refractivity contribution is 0.641. The molecule has 0 fully saturated rings. The summed E-state index contributed by atoms with van der Waals surface area (Å²) in [5, 5.41) is 0. The fourth-order valence-electron chi connectivity index (χ4n) is 2.48. The van der Waals surface area contributed by atoms with Crippen LogP contribution >= 0.6 is 0 Å². The first kappa shape index (κ1) is 10.4. The molecule has 2 aromatic rings. The number of anilines is 2. The fraction of sp³-hybridized carbons (Fsp3) is 0.200. The molecule has 0 saturated carbocycles. The molecule has 1 unspecified atom stereocenters. The van der Waals surface area contributed by atoms with Gasteiger partial charge in [0.15, 0.2) is 0 Å². The summed E-state index contributed by atoms with van der Waals surface area (Å²) in [4.78, 5) is 2.31. The van der Waals surface area contributed by atoms with E-state index in [0.29, 0.717) is 0 Å². The van der Waals surface area contributed by atoms with Crippen LogP contribution in [0.5, 0.6) is 0 Å². The lowest BCUT2D eigenvalue weighted by Gasteiger charge is -2.34. The molecule has 1 aliphatic heterocycles. The van der Waals surface area contributed by atoms with E-state index in [0.717, 1.165) is 13.0 Å². The van der Waals surface area contributed by atoms with Crippen molar-refractivity contribution in [3.63, 3.8) is 0 Å². The molecule has 2 heteroatoms. The Hall–Kier alpha value is -1.80. The van der Waals surface area contributed by atoms with Crippen molar-refractivity contribution in [2.75, 3.05) is 11.4 Å². The first-order valence-corrected chi connectivity index (χ1v) is 6.00. The van der Waals surface area contributed by atoms with Gasteiger partial charge >= 0.3 is 0 Å². The van der Waals surface area contributed by atoms with Crippen molar-refractivity contribution in [3.05, 3.63) is 60.2 Å². The van der Waals surface area contributed by atoms with Crippen LogP contribution in [-0.4, -0.2) is 12.6 Å². The summed E-state index contributed by atoms with van der Waals surface area (Å²) in [5.41, 5.74) is 9.99. The van der Waals surface area contributed by atoms with E-state index in [9.17, 15) is 0 Å². The van der Waals surface area contributed by atoms with Gasteiger partial charge in [-0.05, 0) is 30.2 Å². The third-order valence-electron chi connectivity index (χ3n) is 3.25. The maximum absolute atomic E-state index is 6.14. The van der Waals surface area contributed by atoms with Crippen LogP contribution in [0.25, 0.3) is 0 Å². The number of hydrogen-bond donors (Lipinski definition) is 1. The van der Waals surface area contributed by atoms with Gasteiger partial charge in [0.1, 0.15) is 0 Å². The highest BCUT2D eigenvalue weighted by atomic mass is 15.2. The van der Waals surface area contributed by atoms with Crippen molar-refractivity contribution in [2.24, 2.45) is 5.73 Å². The van der Waals surface area contributed by atoms with Gasteiger partial charge in [-0.2, -0.15) is 0 Å². The number of fused-ring (bicyclic) bond motifs is 1. The van der Waals surface area contributed by atoms with Crippen molar-refractivity contribution in [1.82, 2.24) is 0 Å². The topological polar surface area (TPSA) is 29.3 Å². The highest BCUT2D eigenvalue weighted by molar-refractivity contribution is 5.68. The summed E-state index contributed by atoms with van der Waals surface area (Å²) in [6, 6.07) is 19.2. The first-order valence-electron chi connectivity index (χ1n) is 6.00. The summed E-state index contributed by atoms with van der Waals surface area (Å²) in [6.45, 7) is 0.890. The molecule has 2 aromatic carbocycles. The second-order valence-corrected chi connectivity index (χ2v) is 4.54. The molecule has 17 heavy (non-hydrogen) atoms. The quantitative estimate of drug-likeness (QED) is 0.807. The minimum atomic E-state index is 0.213. The summed E-state index contributed by atoms with van der Waals surface area (Å²) in [7, 11) is 0. The van der Waals surface area contributed by atoms with Gasteiger partial charge in [-0.3, -0.25) is 0 Å². The van der Waals surface area contributed by atoms with Crippen LogP contribution in [0.2, 0.25) is 0 Å². The maximum Gasteiger partial charge on any atom is 0.0444 e. The molecule has 0 saturated heterocycles. The number of hydrogen-bond acceptors (Lipinski definition) is 2. The van der Waals surface area contributed by atoms with E-state index < -0.39 is 0 Å². The molecule has 0 aliphatic carbocycles. The molecule has 2 nitrogen and oxygen atoms in total. The Morgan fingerprint density at radius 1 is 0.941 bits per heavy atom. The average molecular weight is 224 g/mol. The van der Waals surface area contributed by atoms with Crippen LogP contribution in [0.4, 0.5) is 11.4 Å². The van der Waals surface area contributed by atoms with E-state index in [2.05, 4.69) is 53.4 Å². The van der Waals surface area contributed by atoms with Crippen LogP contribution in [-0.2, 0) is 6.42 Å². The number of rotatable bonds is 1. The third kappa shape index (κ3) is 1.92. The second kappa shape index (κ2) is 4.22. The lowest BCUT2D eigenvalue weighted by Crippen LogP contribution is -2.40. The summed E-state index contributed by atoms with van der Waals surface area (Å²) >= 11 is 0. The molecule has 0 spiro atoms. The molecule has 2 N–H and O–H groups in total. The molecule has 1 heterocycles. The van der Waals surface area contributed by atoms with E-state index in [1.807, 2.05) is 6.07 Å². The minimum absolute atomic E-state index is 0.213. The molecular weight excluding hydrogens is 208 g/mol. The Balaban J connectivity index is 2.07. The summed E-state index contributed by atoms with van der Waals surface area (Å²) < 4.78 is 0. The highest BCUT2D eigenvalue weighted by Gasteiger charge is 2.22. The number of nitrogens with two attached hydrogens (primary N) is 1. The van der Waals surface area contributed by atoms with Gasteiger partial charge in [0.2, 0.25) is 0 Å². The van der Waals surface area contributed by atoms with Crippen molar-refractivity contribution in [2.45, 2.75) is 12.5 Å². The van der Waals surface area contributed by atoms with E-state index in [-0.39, 0.29) is 6.04 Å². The average Bonchev–Trinajstić information content (AvgIpc) is 2.39. The van der Waals surface area contributed by atoms with Crippen LogP contribution in [0.3, 0.4) is 0 Å². The first-order chi connectivity index (χ1) is 8.34. The summed E-state index contributed by atoms with van der Waals surface area (Å²) in [5.74, 6) is 0. The molecule has 1 atom stereocenters.